The van der Waals surface area contributed by atoms with Crippen molar-refractivity contribution in [1.29, 1.82) is 0 Å². The number of nitrogens with zero attached hydrogens (tertiary/aromatic N) is 1. The van der Waals surface area contributed by atoms with E-state index in [1.165, 1.54) is 7.11 Å². The lowest BCUT2D eigenvalue weighted by Gasteiger charge is -2.35. The first kappa shape index (κ1) is 17.9. The molecular formula is C22H23NO3. The molecule has 0 aliphatic carbocycles. The monoisotopic (exact) mass is 349 g/mol. The molecule has 1 unspecified atom stereocenters. The van der Waals surface area contributed by atoms with Gasteiger partial charge in [-0.2, -0.15) is 0 Å². The minimum absolute atomic E-state index is 0.124. The number of carbonyl (C=O) groups excluding carboxylic acids is 2. The maximum atomic E-state index is 13.0. The predicted octanol–water partition coefficient (Wildman–Crippen LogP) is 3.94. The van der Waals surface area contributed by atoms with Crippen LogP contribution in [0.15, 0.2) is 66.7 Å². The molecule has 1 aliphatic heterocycles. The third-order valence-electron chi connectivity index (χ3n) is 4.89. The van der Waals surface area contributed by atoms with Gasteiger partial charge in [-0.15, -0.1) is 0 Å². The zero-order valence-electron chi connectivity index (χ0n) is 14.9. The zero-order chi connectivity index (χ0) is 18.4. The maximum Gasteiger partial charge on any atom is 0.332 e. The number of carbonyl (C=O) groups is 2. The Morgan fingerprint density at radius 1 is 1.08 bits per heavy atom. The summed E-state index contributed by atoms with van der Waals surface area (Å²) in [5, 5.41) is 0. The van der Waals surface area contributed by atoms with Crippen LogP contribution in [0.2, 0.25) is 0 Å². The van der Waals surface area contributed by atoms with Crippen molar-refractivity contribution in [2.45, 2.75) is 24.8 Å². The summed E-state index contributed by atoms with van der Waals surface area (Å²) < 4.78 is 5.09. The van der Waals surface area contributed by atoms with Gasteiger partial charge in [-0.05, 0) is 37.0 Å². The van der Waals surface area contributed by atoms with Crippen LogP contribution in [-0.2, 0) is 9.53 Å². The molecule has 134 valence electrons. The van der Waals surface area contributed by atoms with Gasteiger partial charge in [0, 0.05) is 12.1 Å². The van der Waals surface area contributed by atoms with Crippen LogP contribution in [-0.4, -0.2) is 36.0 Å². The lowest BCUT2D eigenvalue weighted by Crippen LogP contribution is -2.53. The van der Waals surface area contributed by atoms with Gasteiger partial charge >= 0.3 is 5.97 Å². The van der Waals surface area contributed by atoms with Crippen molar-refractivity contribution in [2.75, 3.05) is 13.7 Å². The molecule has 26 heavy (non-hydrogen) atoms. The van der Waals surface area contributed by atoms with Gasteiger partial charge in [-0.25, -0.2) is 4.79 Å². The predicted molar refractivity (Wildman–Crippen MR) is 102 cm³/mol. The number of amides is 1. The van der Waals surface area contributed by atoms with Crippen LogP contribution in [0.25, 0.3) is 6.08 Å². The van der Waals surface area contributed by atoms with Crippen LogP contribution in [0, 0.1) is 0 Å². The molecule has 4 heteroatoms. The van der Waals surface area contributed by atoms with E-state index >= 15 is 0 Å². The Labute approximate surface area is 154 Å². The van der Waals surface area contributed by atoms with E-state index in [1.54, 1.807) is 17.0 Å². The molecule has 0 aromatic heterocycles. The summed E-state index contributed by atoms with van der Waals surface area (Å²) in [6.45, 7) is 0.558. The summed E-state index contributed by atoms with van der Waals surface area (Å²) in [7, 11) is 1.38. The summed E-state index contributed by atoms with van der Waals surface area (Å²) in [4.78, 5) is 27.4. The Bertz CT molecular complexity index is 786. The van der Waals surface area contributed by atoms with E-state index in [1.807, 2.05) is 60.7 Å². The Balaban J connectivity index is 1.87. The highest BCUT2D eigenvalue weighted by Crippen LogP contribution is 2.35. The van der Waals surface area contributed by atoms with E-state index in [2.05, 4.69) is 0 Å². The second kappa shape index (κ2) is 8.00. The fourth-order valence-corrected chi connectivity index (χ4v) is 3.56. The average molecular weight is 349 g/mol. The van der Waals surface area contributed by atoms with Crippen molar-refractivity contribution in [3.63, 3.8) is 0 Å². The van der Waals surface area contributed by atoms with Gasteiger partial charge < -0.3 is 9.64 Å². The maximum absolute atomic E-state index is 13.0. The van der Waals surface area contributed by atoms with Crippen molar-refractivity contribution < 1.29 is 14.3 Å². The molecule has 1 saturated heterocycles. The number of benzene rings is 2. The SMILES string of the molecule is COC(=O)C1(C/C=C\c2ccccc2)CCCN1C(=O)c1ccccc1. The normalized spacial score (nSPS) is 19.7. The van der Waals surface area contributed by atoms with Crippen molar-refractivity contribution >= 4 is 18.0 Å². The van der Waals surface area contributed by atoms with Gasteiger partial charge in [0.05, 0.1) is 7.11 Å². The molecule has 1 heterocycles. The summed E-state index contributed by atoms with van der Waals surface area (Å²) in [6.07, 6.45) is 5.77. The third-order valence-corrected chi connectivity index (χ3v) is 4.89. The topological polar surface area (TPSA) is 46.6 Å². The van der Waals surface area contributed by atoms with Gasteiger partial charge in [0.25, 0.3) is 5.91 Å². The first-order valence-corrected chi connectivity index (χ1v) is 8.84. The van der Waals surface area contributed by atoms with E-state index in [0.717, 1.165) is 12.0 Å². The van der Waals surface area contributed by atoms with E-state index in [-0.39, 0.29) is 11.9 Å². The van der Waals surface area contributed by atoms with E-state index in [4.69, 9.17) is 4.74 Å². The zero-order valence-corrected chi connectivity index (χ0v) is 14.9. The molecule has 0 spiro atoms. The Morgan fingerprint density at radius 2 is 1.73 bits per heavy atom. The van der Waals surface area contributed by atoms with Crippen molar-refractivity contribution in [1.82, 2.24) is 4.90 Å². The molecule has 0 bridgehead atoms. The summed E-state index contributed by atoms with van der Waals surface area (Å²) in [5.74, 6) is -0.474. The number of likely N-dealkylation sites (tertiary alicyclic amines) is 1. The standard InChI is InChI=1S/C22H23NO3/c1-26-21(25)22(15-8-12-18-10-4-2-5-11-18)16-9-17-23(22)20(24)19-13-6-3-7-14-19/h2-8,10-14H,9,15-17H2,1H3/b12-8-. The lowest BCUT2D eigenvalue weighted by molar-refractivity contribution is -0.152. The number of esters is 1. The Hall–Kier alpha value is -2.88. The highest BCUT2D eigenvalue weighted by molar-refractivity contribution is 5.98. The van der Waals surface area contributed by atoms with Crippen molar-refractivity contribution in [2.24, 2.45) is 0 Å². The minimum Gasteiger partial charge on any atom is -0.467 e. The minimum atomic E-state index is -0.938. The molecule has 2 aromatic rings. The van der Waals surface area contributed by atoms with Crippen LogP contribution < -0.4 is 0 Å². The lowest BCUT2D eigenvalue weighted by atomic mass is 9.90. The highest BCUT2D eigenvalue weighted by atomic mass is 16.5. The molecule has 1 fully saturated rings. The molecule has 2 aromatic carbocycles. The molecule has 0 radical (unpaired) electrons. The summed E-state index contributed by atoms with van der Waals surface area (Å²) in [6, 6.07) is 19.0. The quantitative estimate of drug-likeness (QED) is 0.768. The molecule has 0 N–H and O–H groups in total. The molecule has 1 atom stereocenters. The number of hydrogen-bond donors (Lipinski definition) is 0. The smallest absolute Gasteiger partial charge is 0.332 e. The molecular weight excluding hydrogens is 326 g/mol. The van der Waals surface area contributed by atoms with Crippen LogP contribution in [0.5, 0.6) is 0 Å². The largest absolute Gasteiger partial charge is 0.467 e. The van der Waals surface area contributed by atoms with Crippen LogP contribution in [0.1, 0.15) is 35.2 Å². The van der Waals surface area contributed by atoms with Crippen LogP contribution in [0.3, 0.4) is 0 Å². The first-order valence-electron chi connectivity index (χ1n) is 8.84. The van der Waals surface area contributed by atoms with Gasteiger partial charge in [-0.3, -0.25) is 4.79 Å². The van der Waals surface area contributed by atoms with Gasteiger partial charge in [0.15, 0.2) is 0 Å². The average Bonchev–Trinajstić information content (AvgIpc) is 3.13. The molecule has 1 amide bonds. The number of rotatable bonds is 5. The van der Waals surface area contributed by atoms with Crippen LogP contribution in [0.4, 0.5) is 0 Å². The molecule has 1 aliphatic rings. The second-order valence-electron chi connectivity index (χ2n) is 6.47. The third kappa shape index (κ3) is 3.54. The Morgan fingerprint density at radius 3 is 2.38 bits per heavy atom. The Kier molecular flexibility index (Phi) is 5.52. The van der Waals surface area contributed by atoms with Crippen molar-refractivity contribution in [3.05, 3.63) is 77.9 Å². The summed E-state index contributed by atoms with van der Waals surface area (Å²) in [5.41, 5.74) is 0.716. The van der Waals surface area contributed by atoms with Crippen molar-refractivity contribution in [3.8, 4) is 0 Å². The number of hydrogen-bond acceptors (Lipinski definition) is 3. The number of methoxy groups -OCH3 is 1. The molecule has 0 saturated carbocycles. The van der Waals surface area contributed by atoms with E-state index in [0.29, 0.717) is 24.9 Å². The van der Waals surface area contributed by atoms with E-state index < -0.39 is 5.54 Å². The fraction of sp³-hybridized carbons (Fsp3) is 0.273. The van der Waals surface area contributed by atoms with Gasteiger partial charge in [-0.1, -0.05) is 60.7 Å². The molecule has 3 rings (SSSR count). The van der Waals surface area contributed by atoms with Gasteiger partial charge in [0.2, 0.25) is 0 Å². The van der Waals surface area contributed by atoms with Gasteiger partial charge in [0.1, 0.15) is 5.54 Å². The molecule has 4 nitrogen and oxygen atoms in total. The second-order valence-corrected chi connectivity index (χ2v) is 6.47. The van der Waals surface area contributed by atoms with Crippen LogP contribution >= 0.6 is 0 Å². The fourth-order valence-electron chi connectivity index (χ4n) is 3.56. The highest BCUT2D eigenvalue weighted by Gasteiger charge is 2.49. The number of ether oxygens (including phenoxy) is 1. The summed E-state index contributed by atoms with van der Waals surface area (Å²) >= 11 is 0. The first-order chi connectivity index (χ1) is 12.7. The van der Waals surface area contributed by atoms with E-state index in [9.17, 15) is 9.59 Å².